The van der Waals surface area contributed by atoms with Crippen molar-refractivity contribution in [2.24, 2.45) is 5.16 Å². The Balaban J connectivity index is 1.88. The molecule has 2 fully saturated rings. The number of hydrogen-bond acceptors (Lipinski definition) is 8. The van der Waals surface area contributed by atoms with Gasteiger partial charge in [-0.1, -0.05) is 60.5 Å². The summed E-state index contributed by atoms with van der Waals surface area (Å²) in [5.74, 6) is 0. The smallest absolute Gasteiger partial charge is 0.335 e. The molecule has 0 aliphatic carbocycles. The SMILES string of the molecule is Cc1cn([C@@H]2O[C@@]34C=NOC2[C@H]3O[Si](C(C)C)(C(C)C)O[Si](C(C)C)(C(C)C)OC4)c(=O)[nH]c1=O. The number of nitrogens with one attached hydrogen (secondary N) is 1. The number of aromatic amines is 1. The first-order valence-electron chi connectivity index (χ1n) is 12.5. The van der Waals surface area contributed by atoms with Gasteiger partial charge in [0.25, 0.3) is 5.56 Å². The minimum atomic E-state index is -2.93. The highest BCUT2D eigenvalue weighted by Crippen LogP contribution is 2.51. The summed E-state index contributed by atoms with van der Waals surface area (Å²) in [6, 6.07) is 0. The summed E-state index contributed by atoms with van der Waals surface area (Å²) < 4.78 is 29.2. The van der Waals surface area contributed by atoms with Crippen molar-refractivity contribution in [2.75, 3.05) is 6.61 Å². The second kappa shape index (κ2) is 9.07. The van der Waals surface area contributed by atoms with Gasteiger partial charge in [0, 0.05) is 11.8 Å². The molecule has 4 rings (SSSR count). The fourth-order valence-electron chi connectivity index (χ4n) is 5.64. The van der Waals surface area contributed by atoms with Gasteiger partial charge in [-0.3, -0.25) is 14.3 Å². The molecule has 0 aromatic carbocycles. The molecule has 1 N–H and O–H groups in total. The summed E-state index contributed by atoms with van der Waals surface area (Å²) in [7, 11) is -5.72. The average Bonchev–Trinajstić information content (AvgIpc) is 2.90. The van der Waals surface area contributed by atoms with Crippen LogP contribution in [0.1, 0.15) is 67.2 Å². The Kier molecular flexibility index (Phi) is 6.86. The molecule has 0 radical (unpaired) electrons. The van der Waals surface area contributed by atoms with Crippen molar-refractivity contribution in [2.45, 2.75) is 109 Å². The first-order chi connectivity index (χ1) is 16.3. The monoisotopic (exact) mass is 525 g/mol. The molecule has 2 bridgehead atoms. The quantitative estimate of drug-likeness (QED) is 0.586. The van der Waals surface area contributed by atoms with Crippen LogP contribution in [0, 0.1) is 6.92 Å². The number of rotatable bonds is 5. The molecule has 12 heteroatoms. The lowest BCUT2D eigenvalue weighted by molar-refractivity contribution is -0.0904. The first kappa shape index (κ1) is 26.5. The Labute approximate surface area is 208 Å². The molecule has 0 amide bonds. The summed E-state index contributed by atoms with van der Waals surface area (Å²) in [4.78, 5) is 32.9. The van der Waals surface area contributed by atoms with Crippen LogP contribution in [-0.2, 0) is 22.5 Å². The maximum Gasteiger partial charge on any atom is 0.335 e. The Hall–Kier alpha value is -1.58. The van der Waals surface area contributed by atoms with Crippen molar-refractivity contribution >= 4 is 23.3 Å². The van der Waals surface area contributed by atoms with Crippen molar-refractivity contribution in [3.63, 3.8) is 0 Å². The fourth-order valence-corrected chi connectivity index (χ4v) is 16.9. The molecule has 1 unspecified atom stereocenters. The van der Waals surface area contributed by atoms with Crippen LogP contribution in [0.5, 0.6) is 0 Å². The Morgan fingerprint density at radius 2 is 1.63 bits per heavy atom. The lowest BCUT2D eigenvalue weighted by Gasteiger charge is -2.53. The second-order valence-corrected chi connectivity index (χ2v) is 20.1. The molecule has 1 aromatic rings. The second-order valence-electron chi connectivity index (χ2n) is 11.2. The van der Waals surface area contributed by atoms with Crippen molar-refractivity contribution in [1.82, 2.24) is 9.55 Å². The van der Waals surface area contributed by atoms with Crippen LogP contribution >= 0.6 is 0 Å². The minimum Gasteiger partial charge on any atom is -0.414 e. The van der Waals surface area contributed by atoms with Crippen LogP contribution < -0.4 is 11.2 Å². The summed E-state index contributed by atoms with van der Waals surface area (Å²) in [6.07, 6.45) is 0.947. The lowest BCUT2D eigenvalue weighted by atomic mass is 9.97. The van der Waals surface area contributed by atoms with Crippen molar-refractivity contribution in [3.8, 4) is 0 Å². The summed E-state index contributed by atoms with van der Waals surface area (Å²) in [6.45, 7) is 19.0. The number of ether oxygens (including phenoxy) is 1. The predicted octanol–water partition coefficient (Wildman–Crippen LogP) is 3.45. The lowest BCUT2D eigenvalue weighted by Crippen LogP contribution is -2.69. The van der Waals surface area contributed by atoms with Crippen molar-refractivity contribution in [1.29, 1.82) is 0 Å². The van der Waals surface area contributed by atoms with Crippen LogP contribution in [0.2, 0.25) is 22.2 Å². The topological polar surface area (TPSA) is 113 Å². The highest BCUT2D eigenvalue weighted by atomic mass is 28.5. The highest BCUT2D eigenvalue weighted by Gasteiger charge is 2.68. The largest absolute Gasteiger partial charge is 0.414 e. The normalized spacial score (nSPS) is 31.5. The van der Waals surface area contributed by atoms with Crippen molar-refractivity contribution < 1.29 is 22.5 Å². The summed E-state index contributed by atoms with van der Waals surface area (Å²) >= 11 is 0. The van der Waals surface area contributed by atoms with E-state index in [2.05, 4.69) is 65.5 Å². The first-order valence-corrected chi connectivity index (χ1v) is 16.5. The standard InChI is InChI=1S/C23H39N3O7Si2/c1-13(2)34(14(3)4)29-12-23-11-24-31-18(19(23)32-35(33-34,15(5)6)16(7)8)21(30-23)26-10-17(9)20(27)25-22(26)28/h10-11,13-16,18-19,21H,12H2,1-9H3,(H,25,27,28)/t18?,19-,21-,23-/m1/s1. The van der Waals surface area contributed by atoms with E-state index < -0.39 is 52.4 Å². The zero-order valence-electron chi connectivity index (χ0n) is 22.2. The molecule has 35 heavy (non-hydrogen) atoms. The van der Waals surface area contributed by atoms with Gasteiger partial charge >= 0.3 is 22.8 Å². The average molecular weight is 526 g/mol. The van der Waals surface area contributed by atoms with E-state index in [9.17, 15) is 9.59 Å². The molecule has 10 nitrogen and oxygen atoms in total. The summed E-state index contributed by atoms with van der Waals surface area (Å²) in [5, 5.41) is 4.16. The van der Waals surface area contributed by atoms with E-state index in [4.69, 9.17) is 22.5 Å². The van der Waals surface area contributed by atoms with Crippen molar-refractivity contribution in [3.05, 3.63) is 32.6 Å². The number of aromatic nitrogens is 2. The fraction of sp³-hybridized carbons (Fsp3) is 0.783. The third-order valence-corrected chi connectivity index (χ3v) is 17.9. The predicted molar refractivity (Wildman–Crippen MR) is 136 cm³/mol. The van der Waals surface area contributed by atoms with E-state index in [0.29, 0.717) is 5.56 Å². The van der Waals surface area contributed by atoms with Gasteiger partial charge in [-0.15, -0.1) is 0 Å². The van der Waals surface area contributed by atoms with Gasteiger partial charge in [-0.2, -0.15) is 0 Å². The number of H-pyrrole nitrogens is 1. The number of aryl methyl sites for hydroxylation is 1. The zero-order chi connectivity index (χ0) is 25.9. The van der Waals surface area contributed by atoms with Crippen LogP contribution in [0.15, 0.2) is 20.9 Å². The molecule has 4 atom stereocenters. The van der Waals surface area contributed by atoms with Gasteiger partial charge in [0.2, 0.25) is 6.10 Å². The van der Waals surface area contributed by atoms with E-state index in [1.807, 2.05) is 0 Å². The maximum atomic E-state index is 12.8. The molecule has 3 aliphatic rings. The Morgan fingerprint density at radius 3 is 2.20 bits per heavy atom. The van der Waals surface area contributed by atoms with Crippen LogP contribution in [0.4, 0.5) is 0 Å². The highest BCUT2D eigenvalue weighted by molar-refractivity contribution is 6.84. The zero-order valence-corrected chi connectivity index (χ0v) is 24.2. The molecule has 0 saturated carbocycles. The maximum absolute atomic E-state index is 12.8. The van der Waals surface area contributed by atoms with E-state index in [0.717, 1.165) is 0 Å². The van der Waals surface area contributed by atoms with Crippen LogP contribution in [0.3, 0.4) is 0 Å². The van der Waals surface area contributed by atoms with Gasteiger partial charge in [0.05, 0.1) is 12.8 Å². The van der Waals surface area contributed by atoms with Crippen LogP contribution in [-0.4, -0.2) is 57.3 Å². The Bertz CT molecular complexity index is 1080. The van der Waals surface area contributed by atoms with Gasteiger partial charge in [-0.25, -0.2) is 4.79 Å². The minimum absolute atomic E-state index is 0.125. The molecular formula is C23H39N3O7Si2. The number of hydrogen-bond donors (Lipinski definition) is 1. The number of oxime groups is 1. The third-order valence-electron chi connectivity index (χ3n) is 7.65. The van der Waals surface area contributed by atoms with Crippen LogP contribution in [0.25, 0.3) is 0 Å². The third kappa shape index (κ3) is 4.02. The molecule has 2 saturated heterocycles. The molecule has 0 spiro atoms. The van der Waals surface area contributed by atoms with E-state index >= 15 is 0 Å². The number of nitrogens with zero attached hydrogens (tertiary/aromatic N) is 2. The van der Waals surface area contributed by atoms with E-state index in [1.165, 1.54) is 10.8 Å². The molecule has 196 valence electrons. The van der Waals surface area contributed by atoms with E-state index in [1.54, 1.807) is 13.1 Å². The molecular weight excluding hydrogens is 486 g/mol. The van der Waals surface area contributed by atoms with Gasteiger partial charge in [0.1, 0.15) is 6.10 Å². The van der Waals surface area contributed by atoms with E-state index in [-0.39, 0.29) is 28.8 Å². The molecule has 1 aromatic heterocycles. The molecule has 3 aliphatic heterocycles. The van der Waals surface area contributed by atoms with Gasteiger partial charge < -0.3 is 22.5 Å². The molecule has 4 heterocycles. The van der Waals surface area contributed by atoms with Gasteiger partial charge in [0.15, 0.2) is 11.8 Å². The Morgan fingerprint density at radius 1 is 1.03 bits per heavy atom. The van der Waals surface area contributed by atoms with Gasteiger partial charge in [-0.05, 0) is 29.1 Å². The summed E-state index contributed by atoms with van der Waals surface area (Å²) in [5.41, 5.74) is -1.06.